The summed E-state index contributed by atoms with van der Waals surface area (Å²) >= 11 is 0. The summed E-state index contributed by atoms with van der Waals surface area (Å²) in [4.78, 5) is 23.2. The number of piperazine rings is 1. The van der Waals surface area contributed by atoms with Crippen LogP contribution in [0.15, 0.2) is 41.5 Å². The number of benzene rings is 1. The number of nitrogens with one attached hydrogen (secondary N) is 2. The Balaban J connectivity index is 1.57. The van der Waals surface area contributed by atoms with Gasteiger partial charge in [0.15, 0.2) is 11.5 Å². The van der Waals surface area contributed by atoms with Crippen molar-refractivity contribution in [3.8, 4) is 0 Å². The van der Waals surface area contributed by atoms with Crippen LogP contribution in [0.1, 0.15) is 0 Å². The average Bonchev–Trinajstić information content (AvgIpc) is 3.01. The summed E-state index contributed by atoms with van der Waals surface area (Å²) in [5, 5.41) is 7.65. The number of anilines is 2. The molecule has 7 heteroatoms. The molecule has 1 aliphatic heterocycles. The Hall–Kier alpha value is -2.83. The van der Waals surface area contributed by atoms with Gasteiger partial charge in [0.25, 0.3) is 5.56 Å². The molecule has 22 heavy (non-hydrogen) atoms. The molecule has 0 bridgehead atoms. The fourth-order valence-corrected chi connectivity index (χ4v) is 2.90. The first-order valence-corrected chi connectivity index (χ1v) is 7.29. The number of para-hydroxylation sites is 1. The Morgan fingerprint density at radius 1 is 1.00 bits per heavy atom. The molecule has 7 nitrogen and oxygen atoms in total. The number of fused-ring (bicyclic) bond motifs is 1. The van der Waals surface area contributed by atoms with Crippen LogP contribution in [0, 0.1) is 0 Å². The van der Waals surface area contributed by atoms with Gasteiger partial charge in [-0.15, -0.1) is 0 Å². The lowest BCUT2D eigenvalue weighted by molar-refractivity contribution is 0.648. The highest BCUT2D eigenvalue weighted by Gasteiger charge is 2.22. The lowest BCUT2D eigenvalue weighted by atomic mass is 10.2. The van der Waals surface area contributed by atoms with Gasteiger partial charge in [-0.3, -0.25) is 9.89 Å². The molecule has 0 amide bonds. The molecule has 0 atom stereocenters. The molecule has 0 spiro atoms. The second kappa shape index (κ2) is 5.18. The van der Waals surface area contributed by atoms with Gasteiger partial charge in [-0.25, -0.2) is 4.98 Å². The van der Waals surface area contributed by atoms with E-state index in [1.165, 1.54) is 12.0 Å². The van der Waals surface area contributed by atoms with E-state index in [4.69, 9.17) is 0 Å². The van der Waals surface area contributed by atoms with Gasteiger partial charge in [0.05, 0.1) is 6.33 Å². The second-order valence-corrected chi connectivity index (χ2v) is 5.31. The van der Waals surface area contributed by atoms with E-state index in [-0.39, 0.29) is 5.56 Å². The van der Waals surface area contributed by atoms with Crippen molar-refractivity contribution in [2.24, 2.45) is 0 Å². The van der Waals surface area contributed by atoms with E-state index in [1.807, 2.05) is 18.2 Å². The van der Waals surface area contributed by atoms with Crippen molar-refractivity contribution in [3.05, 3.63) is 47.0 Å². The van der Waals surface area contributed by atoms with Gasteiger partial charge in [0.1, 0.15) is 5.39 Å². The zero-order valence-corrected chi connectivity index (χ0v) is 12.0. The lowest BCUT2D eigenvalue weighted by Crippen LogP contribution is -2.46. The first-order chi connectivity index (χ1) is 10.8. The molecule has 0 saturated carbocycles. The van der Waals surface area contributed by atoms with Gasteiger partial charge < -0.3 is 14.8 Å². The van der Waals surface area contributed by atoms with Gasteiger partial charge in [0.2, 0.25) is 0 Å². The van der Waals surface area contributed by atoms with E-state index in [9.17, 15) is 4.79 Å². The highest BCUT2D eigenvalue weighted by atomic mass is 16.1. The van der Waals surface area contributed by atoms with Crippen LogP contribution in [0.3, 0.4) is 0 Å². The van der Waals surface area contributed by atoms with Gasteiger partial charge in [-0.05, 0) is 12.1 Å². The quantitative estimate of drug-likeness (QED) is 0.736. The molecule has 2 aromatic heterocycles. The zero-order chi connectivity index (χ0) is 14.9. The molecule has 1 fully saturated rings. The summed E-state index contributed by atoms with van der Waals surface area (Å²) in [6.45, 7) is 3.44. The third kappa shape index (κ3) is 2.11. The molecule has 4 rings (SSSR count). The van der Waals surface area contributed by atoms with Crippen LogP contribution in [0.4, 0.5) is 11.5 Å². The van der Waals surface area contributed by atoms with Crippen LogP contribution in [-0.4, -0.2) is 46.3 Å². The summed E-state index contributed by atoms with van der Waals surface area (Å²) in [5.74, 6) is 0.692. The molecule has 2 N–H and O–H groups in total. The topological polar surface area (TPSA) is 80.9 Å². The van der Waals surface area contributed by atoms with Crippen molar-refractivity contribution < 1.29 is 0 Å². The summed E-state index contributed by atoms with van der Waals surface area (Å²) in [6, 6.07) is 10.4. The number of hydrogen-bond donors (Lipinski definition) is 2. The Morgan fingerprint density at radius 3 is 2.50 bits per heavy atom. The lowest BCUT2D eigenvalue weighted by Gasteiger charge is -2.36. The van der Waals surface area contributed by atoms with Crippen molar-refractivity contribution in [3.63, 3.8) is 0 Å². The van der Waals surface area contributed by atoms with Crippen molar-refractivity contribution >= 4 is 22.5 Å². The average molecular weight is 296 g/mol. The molecular weight excluding hydrogens is 280 g/mol. The Bertz CT molecular complexity index is 832. The Kier molecular flexibility index (Phi) is 3.03. The molecule has 3 heterocycles. The predicted octanol–water partition coefficient (Wildman–Crippen LogP) is 0.973. The molecule has 1 aromatic carbocycles. The van der Waals surface area contributed by atoms with Gasteiger partial charge >= 0.3 is 0 Å². The Morgan fingerprint density at radius 2 is 1.73 bits per heavy atom. The van der Waals surface area contributed by atoms with E-state index in [0.29, 0.717) is 16.9 Å². The molecule has 0 radical (unpaired) electrons. The van der Waals surface area contributed by atoms with Crippen molar-refractivity contribution in [1.82, 2.24) is 20.2 Å². The molecule has 1 aliphatic rings. The summed E-state index contributed by atoms with van der Waals surface area (Å²) in [7, 11) is 0. The van der Waals surface area contributed by atoms with Crippen LogP contribution in [0.25, 0.3) is 11.0 Å². The van der Waals surface area contributed by atoms with Crippen LogP contribution >= 0.6 is 0 Å². The summed E-state index contributed by atoms with van der Waals surface area (Å²) < 4.78 is 0. The predicted molar refractivity (Wildman–Crippen MR) is 85.4 cm³/mol. The normalized spacial score (nSPS) is 15.5. The SMILES string of the molecule is O=c1[nH]cnc2[nH]nc(N3CCN(c4ccccc4)CC3)c12. The molecule has 1 saturated heterocycles. The van der Waals surface area contributed by atoms with E-state index in [0.717, 1.165) is 26.2 Å². The van der Waals surface area contributed by atoms with Crippen LogP contribution < -0.4 is 15.4 Å². The van der Waals surface area contributed by atoms with E-state index >= 15 is 0 Å². The monoisotopic (exact) mass is 296 g/mol. The third-order valence-corrected chi connectivity index (χ3v) is 4.05. The maximum atomic E-state index is 12.0. The number of H-pyrrole nitrogens is 2. The maximum absolute atomic E-state index is 12.0. The zero-order valence-electron chi connectivity index (χ0n) is 12.0. The fraction of sp³-hybridized carbons (Fsp3) is 0.267. The fourth-order valence-electron chi connectivity index (χ4n) is 2.90. The van der Waals surface area contributed by atoms with Gasteiger partial charge in [0, 0.05) is 31.9 Å². The third-order valence-electron chi connectivity index (χ3n) is 4.05. The second-order valence-electron chi connectivity index (χ2n) is 5.31. The van der Waals surface area contributed by atoms with Crippen molar-refractivity contribution in [2.45, 2.75) is 0 Å². The van der Waals surface area contributed by atoms with E-state index in [1.54, 1.807) is 0 Å². The van der Waals surface area contributed by atoms with Crippen molar-refractivity contribution in [2.75, 3.05) is 36.0 Å². The number of aromatic nitrogens is 4. The van der Waals surface area contributed by atoms with Gasteiger partial charge in [-0.1, -0.05) is 18.2 Å². The standard InChI is InChI=1S/C15H16N6O/c22-15-12-13(16-10-17-15)18-19-14(12)21-8-6-20(7-9-21)11-4-2-1-3-5-11/h1-5,10H,6-9H2,(H2,16,17,18,19,22). The molecule has 3 aromatic rings. The molecule has 0 aliphatic carbocycles. The minimum Gasteiger partial charge on any atom is -0.368 e. The molecular formula is C15H16N6O. The highest BCUT2D eigenvalue weighted by Crippen LogP contribution is 2.22. The van der Waals surface area contributed by atoms with Crippen molar-refractivity contribution in [1.29, 1.82) is 0 Å². The maximum Gasteiger partial charge on any atom is 0.264 e. The highest BCUT2D eigenvalue weighted by molar-refractivity contribution is 5.86. The summed E-state index contributed by atoms with van der Waals surface area (Å²) in [6.07, 6.45) is 1.39. The number of aromatic amines is 2. The van der Waals surface area contributed by atoms with E-state index < -0.39 is 0 Å². The van der Waals surface area contributed by atoms with Gasteiger partial charge in [-0.2, -0.15) is 5.10 Å². The molecule has 0 unspecified atom stereocenters. The molecule has 112 valence electrons. The number of hydrogen-bond acceptors (Lipinski definition) is 5. The smallest absolute Gasteiger partial charge is 0.264 e. The Labute approximate surface area is 126 Å². The largest absolute Gasteiger partial charge is 0.368 e. The minimum absolute atomic E-state index is 0.153. The first-order valence-electron chi connectivity index (χ1n) is 7.29. The van der Waals surface area contributed by atoms with E-state index in [2.05, 4.69) is 42.1 Å². The van der Waals surface area contributed by atoms with Crippen LogP contribution in [0.5, 0.6) is 0 Å². The minimum atomic E-state index is -0.153. The number of rotatable bonds is 2. The van der Waals surface area contributed by atoms with Crippen LogP contribution in [0.2, 0.25) is 0 Å². The first kappa shape index (κ1) is 12.9. The number of nitrogens with zero attached hydrogens (tertiary/aromatic N) is 4. The van der Waals surface area contributed by atoms with Crippen LogP contribution in [-0.2, 0) is 0 Å². The summed E-state index contributed by atoms with van der Waals surface area (Å²) in [5.41, 5.74) is 1.61.